The Hall–Kier alpha value is -2.79. The van der Waals surface area contributed by atoms with Gasteiger partial charge in [-0.05, 0) is 24.6 Å². The maximum Gasteiger partial charge on any atom is 0.274 e. The van der Waals surface area contributed by atoms with Gasteiger partial charge in [0.15, 0.2) is 0 Å². The van der Waals surface area contributed by atoms with Crippen molar-refractivity contribution < 1.29 is 0 Å². The lowest BCUT2D eigenvalue weighted by Gasteiger charge is -1.99. The zero-order chi connectivity index (χ0) is 15.1. The maximum atomic E-state index is 12.2. The summed E-state index contributed by atoms with van der Waals surface area (Å²) in [5, 5.41) is 3.10. The van der Waals surface area contributed by atoms with E-state index < -0.39 is 0 Å². The van der Waals surface area contributed by atoms with E-state index in [9.17, 15) is 4.79 Å². The molecule has 2 aromatic heterocycles. The van der Waals surface area contributed by atoms with E-state index >= 15 is 0 Å². The number of imidazole rings is 1. The summed E-state index contributed by atoms with van der Waals surface area (Å²) in [6.45, 7) is 2.03. The second-order valence-electron chi connectivity index (χ2n) is 5.29. The number of rotatable bonds is 2. The van der Waals surface area contributed by atoms with Crippen LogP contribution in [0.15, 0.2) is 59.4 Å². The van der Waals surface area contributed by atoms with Gasteiger partial charge in [-0.2, -0.15) is 4.68 Å². The normalized spacial score (nSPS) is 10.7. The van der Waals surface area contributed by atoms with E-state index in [2.05, 4.69) is 15.1 Å². The highest BCUT2D eigenvalue weighted by Crippen LogP contribution is 2.17. The van der Waals surface area contributed by atoms with Crippen molar-refractivity contribution in [1.82, 2.24) is 19.7 Å². The van der Waals surface area contributed by atoms with E-state index in [0.29, 0.717) is 5.95 Å². The first kappa shape index (κ1) is 15.1. The molecule has 6 heteroatoms. The monoisotopic (exact) mass is 326 g/mol. The zero-order valence-electron chi connectivity index (χ0n) is 12.4. The second kappa shape index (κ2) is 5.78. The number of hydrogen-bond acceptors (Lipinski definition) is 2. The van der Waals surface area contributed by atoms with Gasteiger partial charge in [-0.1, -0.05) is 42.0 Å². The van der Waals surface area contributed by atoms with E-state index in [4.69, 9.17) is 0 Å². The number of halogens is 1. The second-order valence-corrected chi connectivity index (χ2v) is 5.29. The topological polar surface area (TPSA) is 66.5 Å². The van der Waals surface area contributed by atoms with Crippen molar-refractivity contribution in [2.45, 2.75) is 6.92 Å². The summed E-state index contributed by atoms with van der Waals surface area (Å²) < 4.78 is 1.43. The first-order chi connectivity index (χ1) is 10.7. The van der Waals surface area contributed by atoms with Gasteiger partial charge in [-0.3, -0.25) is 9.89 Å². The summed E-state index contributed by atoms with van der Waals surface area (Å²) in [6, 6.07) is 17.3. The third kappa shape index (κ3) is 2.66. The van der Waals surface area contributed by atoms with Crippen molar-refractivity contribution in [3.63, 3.8) is 0 Å². The molecule has 0 bridgehead atoms. The summed E-state index contributed by atoms with van der Waals surface area (Å²) >= 11 is 0. The van der Waals surface area contributed by atoms with Crippen LogP contribution < -0.4 is 5.56 Å². The summed E-state index contributed by atoms with van der Waals surface area (Å²) in [7, 11) is 0. The predicted octanol–water partition coefficient (Wildman–Crippen LogP) is 3.44. The van der Waals surface area contributed by atoms with Crippen molar-refractivity contribution >= 4 is 23.4 Å². The highest BCUT2D eigenvalue weighted by Gasteiger charge is 2.10. The molecule has 2 N–H and O–H groups in total. The smallest absolute Gasteiger partial charge is 0.274 e. The molecule has 2 aromatic carbocycles. The van der Waals surface area contributed by atoms with Crippen LogP contribution in [-0.4, -0.2) is 19.7 Å². The lowest BCUT2D eigenvalue weighted by Crippen LogP contribution is -2.14. The SMILES string of the molecule is Cc1ccc(-c2cc(=O)n(-c3nc4ccccc4[nH]3)[nH]2)cc1.Cl. The van der Waals surface area contributed by atoms with Gasteiger partial charge in [0.1, 0.15) is 0 Å². The quantitative estimate of drug-likeness (QED) is 0.592. The molecule has 0 radical (unpaired) electrons. The van der Waals surface area contributed by atoms with E-state index in [0.717, 1.165) is 22.3 Å². The molecule has 4 rings (SSSR count). The Morgan fingerprint density at radius 1 is 1.04 bits per heavy atom. The van der Waals surface area contributed by atoms with Gasteiger partial charge in [0.05, 0.1) is 16.7 Å². The standard InChI is InChI=1S/C17H14N4O.ClH/c1-11-6-8-12(9-7-11)15-10-16(22)21(20-15)17-18-13-4-2-3-5-14(13)19-17;/h2-10,20H,1H3,(H,18,19);1H. The molecule has 0 saturated heterocycles. The minimum Gasteiger partial charge on any atom is -0.322 e. The van der Waals surface area contributed by atoms with E-state index in [1.165, 1.54) is 10.2 Å². The molecule has 23 heavy (non-hydrogen) atoms. The fourth-order valence-electron chi connectivity index (χ4n) is 2.48. The van der Waals surface area contributed by atoms with Crippen LogP contribution in [0.1, 0.15) is 5.56 Å². The Morgan fingerprint density at radius 2 is 1.78 bits per heavy atom. The Morgan fingerprint density at radius 3 is 2.52 bits per heavy atom. The van der Waals surface area contributed by atoms with Gasteiger partial charge in [0, 0.05) is 6.07 Å². The minimum atomic E-state index is -0.144. The molecule has 0 aliphatic carbocycles. The van der Waals surface area contributed by atoms with Crippen LogP contribution in [0.2, 0.25) is 0 Å². The van der Waals surface area contributed by atoms with Crippen molar-refractivity contribution in [3.05, 3.63) is 70.5 Å². The number of fused-ring (bicyclic) bond motifs is 1. The molecule has 0 amide bonds. The minimum absolute atomic E-state index is 0. The van der Waals surface area contributed by atoms with Crippen molar-refractivity contribution in [2.75, 3.05) is 0 Å². The summed E-state index contributed by atoms with van der Waals surface area (Å²) in [5.41, 5.74) is 4.51. The van der Waals surface area contributed by atoms with Gasteiger partial charge in [0.2, 0.25) is 5.95 Å². The van der Waals surface area contributed by atoms with Crippen LogP contribution in [0.25, 0.3) is 28.2 Å². The number of aryl methyl sites for hydroxylation is 1. The number of H-pyrrole nitrogens is 2. The summed E-state index contributed by atoms with van der Waals surface area (Å²) in [5.74, 6) is 0.490. The molecular formula is C17H15ClN4O. The van der Waals surface area contributed by atoms with Crippen LogP contribution in [0.5, 0.6) is 0 Å². The average Bonchev–Trinajstić information content (AvgIpc) is 3.11. The maximum absolute atomic E-state index is 12.2. The van der Waals surface area contributed by atoms with Crippen LogP contribution in [0.3, 0.4) is 0 Å². The molecule has 0 atom stereocenters. The number of nitrogens with zero attached hydrogens (tertiary/aromatic N) is 2. The highest BCUT2D eigenvalue weighted by molar-refractivity contribution is 5.85. The van der Waals surface area contributed by atoms with Gasteiger partial charge in [-0.15, -0.1) is 12.4 Å². The first-order valence-electron chi connectivity index (χ1n) is 7.05. The molecule has 4 aromatic rings. The molecule has 116 valence electrons. The zero-order valence-corrected chi connectivity index (χ0v) is 13.2. The third-order valence-corrected chi connectivity index (χ3v) is 3.67. The predicted molar refractivity (Wildman–Crippen MR) is 93.5 cm³/mol. The van der Waals surface area contributed by atoms with Crippen molar-refractivity contribution in [3.8, 4) is 17.2 Å². The number of para-hydroxylation sites is 2. The largest absolute Gasteiger partial charge is 0.322 e. The molecule has 2 heterocycles. The summed E-state index contributed by atoms with van der Waals surface area (Å²) in [6.07, 6.45) is 0. The third-order valence-electron chi connectivity index (χ3n) is 3.67. The molecule has 0 aliphatic rings. The lowest BCUT2D eigenvalue weighted by atomic mass is 10.1. The molecule has 0 unspecified atom stereocenters. The fraction of sp³-hybridized carbons (Fsp3) is 0.0588. The van der Waals surface area contributed by atoms with Crippen LogP contribution >= 0.6 is 12.4 Å². The number of benzene rings is 2. The number of aromatic amines is 2. The van der Waals surface area contributed by atoms with Gasteiger partial charge >= 0.3 is 0 Å². The number of hydrogen-bond donors (Lipinski definition) is 2. The Kier molecular flexibility index (Phi) is 3.80. The van der Waals surface area contributed by atoms with Crippen molar-refractivity contribution in [2.24, 2.45) is 0 Å². The molecule has 0 saturated carbocycles. The Balaban J connectivity index is 0.00000156. The fourth-order valence-corrected chi connectivity index (χ4v) is 2.48. The highest BCUT2D eigenvalue weighted by atomic mass is 35.5. The van der Waals surface area contributed by atoms with Gasteiger partial charge in [-0.25, -0.2) is 4.98 Å². The molecule has 0 spiro atoms. The molecule has 0 aliphatic heterocycles. The van der Waals surface area contributed by atoms with Crippen LogP contribution in [-0.2, 0) is 0 Å². The van der Waals surface area contributed by atoms with E-state index in [1.807, 2.05) is 55.5 Å². The Bertz CT molecular complexity index is 978. The Labute approximate surface area is 138 Å². The first-order valence-corrected chi connectivity index (χ1v) is 7.05. The molecule has 0 fully saturated rings. The molecular weight excluding hydrogens is 312 g/mol. The van der Waals surface area contributed by atoms with Crippen molar-refractivity contribution in [1.29, 1.82) is 0 Å². The lowest BCUT2D eigenvalue weighted by molar-refractivity contribution is 0.804. The van der Waals surface area contributed by atoms with E-state index in [1.54, 1.807) is 6.07 Å². The van der Waals surface area contributed by atoms with Crippen LogP contribution in [0.4, 0.5) is 0 Å². The van der Waals surface area contributed by atoms with Gasteiger partial charge < -0.3 is 4.98 Å². The average molecular weight is 327 g/mol. The van der Waals surface area contributed by atoms with Crippen LogP contribution in [0, 0.1) is 6.92 Å². The number of aromatic nitrogens is 4. The van der Waals surface area contributed by atoms with E-state index in [-0.39, 0.29) is 18.0 Å². The molecule has 5 nitrogen and oxygen atoms in total. The number of nitrogens with one attached hydrogen (secondary N) is 2. The summed E-state index contributed by atoms with van der Waals surface area (Å²) in [4.78, 5) is 19.8. The van der Waals surface area contributed by atoms with Gasteiger partial charge in [0.25, 0.3) is 5.56 Å².